The molecule has 8 heteroatoms. The third-order valence-corrected chi connectivity index (χ3v) is 4.93. The second kappa shape index (κ2) is 9.22. The summed E-state index contributed by atoms with van der Waals surface area (Å²) in [6, 6.07) is 20.2. The SMILES string of the molecule is O=C(c1c[nH]c(=O)n(Cc2ccccc2F)c1=O)N(Cc1ccccc1)c1ccccn1. The highest BCUT2D eigenvalue weighted by atomic mass is 19.1. The van der Waals surface area contributed by atoms with Gasteiger partial charge in [0.1, 0.15) is 17.2 Å². The minimum absolute atomic E-state index is 0.163. The molecule has 2 aromatic heterocycles. The largest absolute Gasteiger partial charge is 0.328 e. The fourth-order valence-electron chi connectivity index (χ4n) is 3.29. The quantitative estimate of drug-likeness (QED) is 0.510. The topological polar surface area (TPSA) is 88.1 Å². The Morgan fingerprint density at radius 1 is 0.969 bits per heavy atom. The molecule has 1 N–H and O–H groups in total. The molecule has 2 heterocycles. The lowest BCUT2D eigenvalue weighted by atomic mass is 10.2. The first-order valence-electron chi connectivity index (χ1n) is 9.87. The number of nitrogens with one attached hydrogen (secondary N) is 1. The van der Waals surface area contributed by atoms with E-state index in [0.29, 0.717) is 5.82 Å². The van der Waals surface area contributed by atoms with Crippen molar-refractivity contribution in [1.82, 2.24) is 14.5 Å². The maximum absolute atomic E-state index is 14.1. The molecule has 0 radical (unpaired) electrons. The van der Waals surface area contributed by atoms with Crippen LogP contribution in [-0.2, 0) is 13.1 Å². The van der Waals surface area contributed by atoms with Crippen LogP contribution in [0, 0.1) is 5.82 Å². The van der Waals surface area contributed by atoms with E-state index in [9.17, 15) is 18.8 Å². The van der Waals surface area contributed by atoms with Crippen LogP contribution in [0.4, 0.5) is 10.2 Å². The van der Waals surface area contributed by atoms with Crippen LogP contribution in [0.5, 0.6) is 0 Å². The number of H-pyrrole nitrogens is 1. The van der Waals surface area contributed by atoms with Gasteiger partial charge in [0, 0.05) is 18.0 Å². The number of amides is 1. The average Bonchev–Trinajstić information content (AvgIpc) is 2.82. The highest BCUT2D eigenvalue weighted by Crippen LogP contribution is 2.16. The summed E-state index contributed by atoms with van der Waals surface area (Å²) in [5.74, 6) is -0.821. The molecule has 4 rings (SSSR count). The molecule has 0 spiro atoms. The number of carbonyl (C=O) groups excluding carboxylic acids is 1. The van der Waals surface area contributed by atoms with E-state index in [1.54, 1.807) is 30.5 Å². The number of nitrogens with zero attached hydrogens (tertiary/aromatic N) is 3. The number of aromatic nitrogens is 3. The molecular weight excluding hydrogens is 411 g/mol. The van der Waals surface area contributed by atoms with Crippen LogP contribution < -0.4 is 16.1 Å². The van der Waals surface area contributed by atoms with Crippen molar-refractivity contribution >= 4 is 11.7 Å². The van der Waals surface area contributed by atoms with Gasteiger partial charge in [-0.25, -0.2) is 14.2 Å². The van der Waals surface area contributed by atoms with Gasteiger partial charge < -0.3 is 4.98 Å². The predicted molar refractivity (Wildman–Crippen MR) is 118 cm³/mol. The number of aromatic amines is 1. The minimum Gasteiger partial charge on any atom is -0.313 e. The summed E-state index contributed by atoms with van der Waals surface area (Å²) in [5.41, 5.74) is -0.793. The highest BCUT2D eigenvalue weighted by molar-refractivity contribution is 6.05. The standard InChI is InChI=1S/C24H19FN4O3/c25-20-11-5-4-10-18(20)16-29-23(31)19(14-27-24(29)32)22(30)28(21-12-6-7-13-26-21)15-17-8-2-1-3-9-17/h1-14H,15-16H2,(H,27,32). The van der Waals surface area contributed by atoms with Crippen molar-refractivity contribution in [1.29, 1.82) is 0 Å². The fourth-order valence-corrected chi connectivity index (χ4v) is 3.29. The van der Waals surface area contributed by atoms with E-state index in [1.807, 2.05) is 30.3 Å². The number of halogens is 1. The van der Waals surface area contributed by atoms with Crippen molar-refractivity contribution < 1.29 is 9.18 Å². The Balaban J connectivity index is 1.75. The Labute approximate surface area is 182 Å². The molecule has 0 aliphatic rings. The first kappa shape index (κ1) is 20.9. The molecule has 0 unspecified atom stereocenters. The molecule has 0 bridgehead atoms. The third kappa shape index (κ3) is 4.39. The van der Waals surface area contributed by atoms with Crippen molar-refractivity contribution in [2.45, 2.75) is 13.1 Å². The summed E-state index contributed by atoms with van der Waals surface area (Å²) in [7, 11) is 0. The molecule has 0 fully saturated rings. The van der Waals surface area contributed by atoms with Gasteiger partial charge in [0.05, 0.1) is 13.1 Å². The second-order valence-corrected chi connectivity index (χ2v) is 7.06. The molecule has 32 heavy (non-hydrogen) atoms. The Bertz CT molecular complexity index is 1350. The van der Waals surface area contributed by atoms with E-state index in [-0.39, 0.29) is 24.2 Å². The molecular formula is C24H19FN4O3. The Kier molecular flexibility index (Phi) is 6.03. The van der Waals surface area contributed by atoms with Crippen molar-refractivity contribution in [3.8, 4) is 0 Å². The van der Waals surface area contributed by atoms with Gasteiger partial charge in [-0.2, -0.15) is 0 Å². The fraction of sp³-hybridized carbons (Fsp3) is 0.0833. The van der Waals surface area contributed by atoms with Gasteiger partial charge in [-0.15, -0.1) is 0 Å². The van der Waals surface area contributed by atoms with Crippen molar-refractivity contribution in [3.63, 3.8) is 0 Å². The summed E-state index contributed by atoms with van der Waals surface area (Å²) in [6.45, 7) is -0.132. The molecule has 2 aromatic carbocycles. The lowest BCUT2D eigenvalue weighted by molar-refractivity contribution is 0.0981. The first-order chi connectivity index (χ1) is 15.5. The van der Waals surface area contributed by atoms with Gasteiger partial charge >= 0.3 is 5.69 Å². The van der Waals surface area contributed by atoms with E-state index in [1.165, 1.54) is 23.1 Å². The molecule has 1 amide bonds. The molecule has 0 atom stereocenters. The van der Waals surface area contributed by atoms with E-state index < -0.39 is 23.0 Å². The zero-order valence-corrected chi connectivity index (χ0v) is 16.9. The maximum atomic E-state index is 14.1. The summed E-state index contributed by atoms with van der Waals surface area (Å²) < 4.78 is 14.9. The Morgan fingerprint density at radius 3 is 2.41 bits per heavy atom. The highest BCUT2D eigenvalue weighted by Gasteiger charge is 2.24. The lowest BCUT2D eigenvalue weighted by Crippen LogP contribution is -2.42. The molecule has 0 aliphatic carbocycles. The number of carbonyl (C=O) groups is 1. The van der Waals surface area contributed by atoms with E-state index >= 15 is 0 Å². The number of benzene rings is 2. The van der Waals surface area contributed by atoms with Crippen LogP contribution in [0.2, 0.25) is 0 Å². The molecule has 4 aromatic rings. The summed E-state index contributed by atoms with van der Waals surface area (Å²) in [4.78, 5) is 46.8. The number of hydrogen-bond acceptors (Lipinski definition) is 4. The van der Waals surface area contributed by atoms with E-state index in [4.69, 9.17) is 0 Å². The second-order valence-electron chi connectivity index (χ2n) is 7.06. The van der Waals surface area contributed by atoms with Crippen molar-refractivity contribution in [3.05, 3.63) is 129 Å². The van der Waals surface area contributed by atoms with Crippen LogP contribution in [0.1, 0.15) is 21.5 Å². The van der Waals surface area contributed by atoms with Crippen LogP contribution in [0.3, 0.4) is 0 Å². The van der Waals surface area contributed by atoms with Gasteiger partial charge in [0.2, 0.25) is 0 Å². The van der Waals surface area contributed by atoms with Gasteiger partial charge in [-0.3, -0.25) is 19.1 Å². The van der Waals surface area contributed by atoms with Crippen LogP contribution in [0.15, 0.2) is 94.8 Å². The van der Waals surface area contributed by atoms with Crippen LogP contribution in [-0.4, -0.2) is 20.4 Å². The minimum atomic E-state index is -0.809. The lowest BCUT2D eigenvalue weighted by Gasteiger charge is -2.22. The van der Waals surface area contributed by atoms with Gasteiger partial charge in [-0.1, -0.05) is 54.6 Å². The van der Waals surface area contributed by atoms with Gasteiger partial charge in [0.25, 0.3) is 11.5 Å². The normalized spacial score (nSPS) is 10.7. The predicted octanol–water partition coefficient (Wildman–Crippen LogP) is 2.97. The van der Waals surface area contributed by atoms with Crippen LogP contribution in [0.25, 0.3) is 0 Å². The molecule has 0 saturated carbocycles. The molecule has 160 valence electrons. The number of hydrogen-bond donors (Lipinski definition) is 1. The number of pyridine rings is 1. The third-order valence-electron chi connectivity index (χ3n) is 4.93. The number of anilines is 1. The Hall–Kier alpha value is -4.33. The zero-order valence-electron chi connectivity index (χ0n) is 16.9. The summed E-state index contributed by atoms with van der Waals surface area (Å²) >= 11 is 0. The monoisotopic (exact) mass is 430 g/mol. The maximum Gasteiger partial charge on any atom is 0.328 e. The average molecular weight is 430 g/mol. The van der Waals surface area contributed by atoms with Crippen molar-refractivity contribution in [2.24, 2.45) is 0 Å². The molecule has 0 saturated heterocycles. The zero-order chi connectivity index (χ0) is 22.5. The number of rotatable bonds is 6. The van der Waals surface area contributed by atoms with Gasteiger partial charge in [0.15, 0.2) is 0 Å². The summed E-state index contributed by atoms with van der Waals surface area (Å²) in [6.07, 6.45) is 2.63. The molecule has 7 nitrogen and oxygen atoms in total. The first-order valence-corrected chi connectivity index (χ1v) is 9.87. The van der Waals surface area contributed by atoms with E-state index in [2.05, 4.69) is 9.97 Å². The summed E-state index contributed by atoms with van der Waals surface area (Å²) in [5, 5.41) is 0. The molecule has 0 aliphatic heterocycles. The Morgan fingerprint density at radius 2 is 1.69 bits per heavy atom. The van der Waals surface area contributed by atoms with Crippen molar-refractivity contribution in [2.75, 3.05) is 4.90 Å². The smallest absolute Gasteiger partial charge is 0.313 e. The van der Waals surface area contributed by atoms with Crippen LogP contribution >= 0.6 is 0 Å². The van der Waals surface area contributed by atoms with E-state index in [0.717, 1.165) is 16.3 Å². The van der Waals surface area contributed by atoms with Gasteiger partial charge in [-0.05, 0) is 23.8 Å².